The van der Waals surface area contributed by atoms with Gasteiger partial charge in [0.25, 0.3) is 10.0 Å². The molecule has 0 N–H and O–H groups in total. The predicted molar refractivity (Wildman–Crippen MR) is 152 cm³/mol. The van der Waals surface area contributed by atoms with Crippen LogP contribution in [-0.4, -0.2) is 12.9 Å². The van der Waals surface area contributed by atoms with E-state index in [2.05, 4.69) is 22.6 Å². The van der Waals surface area contributed by atoms with Crippen LogP contribution in [0.1, 0.15) is 22.3 Å². The van der Waals surface area contributed by atoms with Crippen LogP contribution in [0.4, 0.5) is 0 Å². The molecule has 0 amide bonds. The van der Waals surface area contributed by atoms with Gasteiger partial charge in [0.15, 0.2) is 5.60 Å². The second-order valence-electron chi connectivity index (χ2n) is 8.36. The van der Waals surface area contributed by atoms with E-state index < -0.39 is 15.6 Å². The summed E-state index contributed by atoms with van der Waals surface area (Å²) in [6, 6.07) is 30.5. The first-order valence-electron chi connectivity index (χ1n) is 11.0. The Labute approximate surface area is 234 Å². The molecule has 4 aromatic rings. The monoisotopic (exact) mass is 647 g/mol. The highest BCUT2D eigenvalue weighted by Gasteiger charge is 2.52. The first-order valence-corrected chi connectivity index (χ1v) is 14.3. The number of benzene rings is 4. The van der Waals surface area contributed by atoms with Crippen molar-refractivity contribution in [2.24, 2.45) is 0 Å². The van der Waals surface area contributed by atoms with Gasteiger partial charge in [-0.05, 0) is 77.0 Å². The van der Waals surface area contributed by atoms with Crippen LogP contribution in [0.5, 0.6) is 0 Å². The third kappa shape index (κ3) is 4.35. The number of sulfonamides is 1. The summed E-state index contributed by atoms with van der Waals surface area (Å²) in [5.74, 6) is 0. The fourth-order valence-corrected chi connectivity index (χ4v) is 7.14. The molecule has 0 unspecified atom stereocenters. The number of hydrogen-bond acceptors (Lipinski definition) is 3. The molecule has 0 radical (unpaired) electrons. The van der Waals surface area contributed by atoms with E-state index in [4.69, 9.17) is 28.0 Å². The van der Waals surface area contributed by atoms with Crippen LogP contribution < -0.4 is 0 Å². The summed E-state index contributed by atoms with van der Waals surface area (Å²) in [5, 5.41) is 1.13. The van der Waals surface area contributed by atoms with E-state index in [1.807, 2.05) is 61.5 Å². The average Bonchev–Trinajstić information content (AvgIpc) is 3.20. The van der Waals surface area contributed by atoms with E-state index in [1.54, 1.807) is 48.5 Å². The highest BCUT2D eigenvalue weighted by atomic mass is 127. The Morgan fingerprint density at radius 2 is 1.25 bits per heavy atom. The number of aryl methyl sites for hydroxylation is 1. The quantitative estimate of drug-likeness (QED) is 0.206. The first-order chi connectivity index (χ1) is 17.2. The maximum Gasteiger partial charge on any atom is 0.286 e. The van der Waals surface area contributed by atoms with Gasteiger partial charge in [-0.3, -0.25) is 0 Å². The minimum atomic E-state index is -4.09. The summed E-state index contributed by atoms with van der Waals surface area (Å²) in [7, 11) is -4.09. The number of nitrogens with zero attached hydrogens (tertiary/aromatic N) is 1. The van der Waals surface area contributed by atoms with Gasteiger partial charge < -0.3 is 0 Å². The van der Waals surface area contributed by atoms with Crippen molar-refractivity contribution < 1.29 is 13.3 Å². The van der Waals surface area contributed by atoms with Gasteiger partial charge in [-0.25, -0.2) is 4.84 Å². The van der Waals surface area contributed by atoms with E-state index >= 15 is 0 Å². The molecule has 0 atom stereocenters. The molecular weight excluding hydrogens is 628 g/mol. The number of hydrogen-bond donors (Lipinski definition) is 0. The van der Waals surface area contributed by atoms with Crippen LogP contribution >= 0.6 is 45.8 Å². The highest BCUT2D eigenvalue weighted by molar-refractivity contribution is 14.1. The summed E-state index contributed by atoms with van der Waals surface area (Å²) < 4.78 is 29.9. The number of halogens is 3. The smallest absolute Gasteiger partial charge is 0.237 e. The minimum absolute atomic E-state index is 0.133. The molecule has 0 bridgehead atoms. The van der Waals surface area contributed by atoms with Crippen molar-refractivity contribution in [3.05, 3.63) is 139 Å². The summed E-state index contributed by atoms with van der Waals surface area (Å²) in [5.41, 5.74) is 2.33. The molecule has 4 aromatic carbocycles. The molecule has 0 fully saturated rings. The standard InChI is InChI=1S/C28H20Cl2INO3S/c1-19-7-17-25(18-8-19)36(33,34)32-26(20-5-3-2-4-6-20)27(31)28(35-32,21-9-13-23(29)14-10-21)22-11-15-24(30)16-12-22/h2-18H,1H3. The maximum absolute atomic E-state index is 14.1. The van der Waals surface area contributed by atoms with Crippen molar-refractivity contribution >= 4 is 61.5 Å². The SMILES string of the molecule is Cc1ccc(S(=O)(=O)N2OC(c3ccc(Cl)cc3)(c3ccc(Cl)cc3)C(I)=C2c2ccccc2)cc1. The van der Waals surface area contributed by atoms with Crippen LogP contribution in [0.15, 0.2) is 112 Å². The summed E-state index contributed by atoms with van der Waals surface area (Å²) in [6.07, 6.45) is 0. The second kappa shape index (κ2) is 9.84. The Hall–Kier alpha value is -2.36. The van der Waals surface area contributed by atoms with Crippen LogP contribution in [0.25, 0.3) is 5.70 Å². The van der Waals surface area contributed by atoms with E-state index in [9.17, 15) is 8.42 Å². The van der Waals surface area contributed by atoms with Crippen LogP contribution in [0.2, 0.25) is 10.0 Å². The number of hydroxylamine groups is 1. The molecule has 0 spiro atoms. The van der Waals surface area contributed by atoms with Gasteiger partial charge in [-0.15, -0.1) is 4.47 Å². The van der Waals surface area contributed by atoms with Gasteiger partial charge in [0.1, 0.15) is 5.70 Å². The molecule has 8 heteroatoms. The Bertz CT molecular complexity index is 1490. The third-order valence-corrected chi connectivity index (χ3v) is 9.34. The molecule has 1 heterocycles. The fraction of sp³-hybridized carbons (Fsp3) is 0.0714. The summed E-state index contributed by atoms with van der Waals surface area (Å²) >= 11 is 14.6. The van der Waals surface area contributed by atoms with E-state index in [0.717, 1.165) is 21.2 Å². The Kier molecular flexibility index (Phi) is 6.91. The molecule has 5 rings (SSSR count). The Morgan fingerprint density at radius 3 is 1.75 bits per heavy atom. The molecular formula is C28H20Cl2INO3S. The lowest BCUT2D eigenvalue weighted by molar-refractivity contribution is -0.103. The number of rotatable bonds is 5. The molecule has 182 valence electrons. The van der Waals surface area contributed by atoms with Crippen molar-refractivity contribution in [3.8, 4) is 0 Å². The van der Waals surface area contributed by atoms with E-state index in [-0.39, 0.29) is 4.90 Å². The van der Waals surface area contributed by atoms with Gasteiger partial charge >= 0.3 is 0 Å². The van der Waals surface area contributed by atoms with Gasteiger partial charge in [0.2, 0.25) is 0 Å². The average molecular weight is 648 g/mol. The second-order valence-corrected chi connectivity index (χ2v) is 12.1. The minimum Gasteiger partial charge on any atom is -0.237 e. The Morgan fingerprint density at radius 1 is 0.750 bits per heavy atom. The zero-order valence-corrected chi connectivity index (χ0v) is 23.5. The third-order valence-electron chi connectivity index (χ3n) is 6.01. The molecule has 1 aliphatic heterocycles. The molecule has 1 aliphatic rings. The largest absolute Gasteiger partial charge is 0.286 e. The molecule has 36 heavy (non-hydrogen) atoms. The van der Waals surface area contributed by atoms with Crippen LogP contribution in [0, 0.1) is 6.92 Å². The normalized spacial score (nSPS) is 15.4. The van der Waals surface area contributed by atoms with Gasteiger partial charge in [0.05, 0.1) is 8.48 Å². The molecule has 0 aromatic heterocycles. The van der Waals surface area contributed by atoms with E-state index in [1.165, 1.54) is 0 Å². The Balaban J connectivity index is 1.81. The zero-order valence-electron chi connectivity index (χ0n) is 19.0. The maximum atomic E-state index is 14.1. The molecule has 0 aliphatic carbocycles. The fourth-order valence-electron chi connectivity index (χ4n) is 4.16. The van der Waals surface area contributed by atoms with Crippen molar-refractivity contribution in [1.82, 2.24) is 4.47 Å². The first kappa shape index (κ1) is 25.3. The lowest BCUT2D eigenvalue weighted by atomic mass is 9.85. The lowest BCUT2D eigenvalue weighted by Crippen LogP contribution is -2.35. The topological polar surface area (TPSA) is 46.6 Å². The van der Waals surface area contributed by atoms with Gasteiger partial charge in [0, 0.05) is 15.6 Å². The van der Waals surface area contributed by atoms with Crippen molar-refractivity contribution in [2.75, 3.05) is 0 Å². The molecule has 0 saturated carbocycles. The van der Waals surface area contributed by atoms with Crippen LogP contribution in [-0.2, 0) is 20.5 Å². The zero-order chi connectivity index (χ0) is 25.5. The van der Waals surface area contributed by atoms with E-state index in [0.29, 0.717) is 24.9 Å². The van der Waals surface area contributed by atoms with Gasteiger partial charge in [-0.2, -0.15) is 8.42 Å². The lowest BCUT2D eigenvalue weighted by Gasteiger charge is -2.31. The molecule has 4 nitrogen and oxygen atoms in total. The highest BCUT2D eigenvalue weighted by Crippen LogP contribution is 2.55. The molecule has 0 saturated heterocycles. The van der Waals surface area contributed by atoms with Crippen molar-refractivity contribution in [3.63, 3.8) is 0 Å². The summed E-state index contributed by atoms with van der Waals surface area (Å²) in [6.45, 7) is 1.91. The predicted octanol–water partition coefficient (Wildman–Crippen LogP) is 7.99. The van der Waals surface area contributed by atoms with Gasteiger partial charge in [-0.1, -0.05) is 95.5 Å². The summed E-state index contributed by atoms with van der Waals surface area (Å²) in [4.78, 5) is 6.74. The van der Waals surface area contributed by atoms with Crippen LogP contribution in [0.3, 0.4) is 0 Å². The van der Waals surface area contributed by atoms with Crippen molar-refractivity contribution in [1.29, 1.82) is 0 Å². The van der Waals surface area contributed by atoms with Crippen molar-refractivity contribution in [2.45, 2.75) is 17.4 Å².